The van der Waals surface area contributed by atoms with Crippen LogP contribution in [-0.4, -0.2) is 25.8 Å². The Labute approximate surface area is 108 Å². The number of aromatic carboxylic acids is 1. The van der Waals surface area contributed by atoms with Crippen LogP contribution in [0.4, 0.5) is 0 Å². The lowest BCUT2D eigenvalue weighted by Gasteiger charge is -1.91. The van der Waals surface area contributed by atoms with Gasteiger partial charge in [0.05, 0.1) is 5.56 Å². The molecule has 1 N–H and O–H groups in total. The van der Waals surface area contributed by atoms with Crippen molar-refractivity contribution in [2.45, 2.75) is 6.92 Å². The van der Waals surface area contributed by atoms with Gasteiger partial charge in [-0.25, -0.2) is 9.78 Å². The van der Waals surface area contributed by atoms with Gasteiger partial charge >= 0.3 is 5.97 Å². The quantitative estimate of drug-likeness (QED) is 0.761. The molecule has 0 saturated carbocycles. The number of carboxylic acids is 1. The van der Waals surface area contributed by atoms with E-state index >= 15 is 0 Å². The van der Waals surface area contributed by atoms with Crippen molar-refractivity contribution in [3.05, 3.63) is 35.5 Å². The van der Waals surface area contributed by atoms with E-state index in [1.165, 1.54) is 12.1 Å². The van der Waals surface area contributed by atoms with E-state index in [4.69, 9.17) is 9.52 Å². The van der Waals surface area contributed by atoms with E-state index in [-0.39, 0.29) is 5.56 Å². The fourth-order valence-electron chi connectivity index (χ4n) is 1.84. The zero-order valence-electron chi connectivity index (χ0n) is 10.4. The molecule has 0 aliphatic heterocycles. The van der Waals surface area contributed by atoms with Crippen LogP contribution in [0.5, 0.6) is 0 Å². The fourth-order valence-corrected chi connectivity index (χ4v) is 1.84. The Morgan fingerprint density at radius 1 is 1.37 bits per heavy atom. The highest BCUT2D eigenvalue weighted by Crippen LogP contribution is 2.24. The van der Waals surface area contributed by atoms with Crippen LogP contribution in [-0.2, 0) is 7.05 Å². The predicted octanol–water partition coefficient (Wildman–Crippen LogP) is 2.23. The van der Waals surface area contributed by atoms with Crippen molar-refractivity contribution in [2.75, 3.05) is 0 Å². The number of hydrogen-bond donors (Lipinski definition) is 1. The molecule has 0 bridgehead atoms. The highest BCUT2D eigenvalue weighted by molar-refractivity contribution is 5.92. The fraction of sp³-hybridized carbons (Fsp3) is 0.154. The molecule has 6 heteroatoms. The predicted molar refractivity (Wildman–Crippen MR) is 67.9 cm³/mol. The SMILES string of the molecule is Cc1cc(-c2nc3cc(C(=O)O)ccc3o2)nn1C. The molecule has 0 amide bonds. The van der Waals surface area contributed by atoms with Crippen molar-refractivity contribution < 1.29 is 14.3 Å². The highest BCUT2D eigenvalue weighted by Gasteiger charge is 2.13. The Kier molecular flexibility index (Phi) is 2.38. The summed E-state index contributed by atoms with van der Waals surface area (Å²) in [5.41, 5.74) is 2.86. The van der Waals surface area contributed by atoms with E-state index in [1.54, 1.807) is 10.7 Å². The number of aromatic nitrogens is 3. The van der Waals surface area contributed by atoms with Gasteiger partial charge in [0.15, 0.2) is 5.58 Å². The molecule has 0 spiro atoms. The third kappa shape index (κ3) is 1.87. The summed E-state index contributed by atoms with van der Waals surface area (Å²) in [4.78, 5) is 15.2. The zero-order chi connectivity index (χ0) is 13.6. The largest absolute Gasteiger partial charge is 0.478 e. The third-order valence-corrected chi connectivity index (χ3v) is 2.97. The minimum absolute atomic E-state index is 0.185. The van der Waals surface area contributed by atoms with Crippen molar-refractivity contribution >= 4 is 17.1 Å². The van der Waals surface area contributed by atoms with E-state index in [0.29, 0.717) is 22.7 Å². The third-order valence-electron chi connectivity index (χ3n) is 2.97. The Hall–Kier alpha value is -2.63. The summed E-state index contributed by atoms with van der Waals surface area (Å²) in [5.74, 6) is -0.596. The standard InChI is InChI=1S/C13H11N3O3/c1-7-5-10(15-16(7)2)12-14-9-6-8(13(17)18)3-4-11(9)19-12/h3-6H,1-2H3,(H,17,18). The molecule has 0 aliphatic rings. The number of fused-ring (bicyclic) bond motifs is 1. The van der Waals surface area contributed by atoms with Gasteiger partial charge in [-0.1, -0.05) is 0 Å². The monoisotopic (exact) mass is 257 g/mol. The van der Waals surface area contributed by atoms with Gasteiger partial charge in [0, 0.05) is 12.7 Å². The molecule has 19 heavy (non-hydrogen) atoms. The zero-order valence-corrected chi connectivity index (χ0v) is 10.4. The molecule has 0 aliphatic carbocycles. The molecule has 2 heterocycles. The molecule has 96 valence electrons. The first-order chi connectivity index (χ1) is 9.04. The first-order valence-electron chi connectivity index (χ1n) is 5.69. The maximum atomic E-state index is 10.9. The van der Waals surface area contributed by atoms with Gasteiger partial charge in [-0.15, -0.1) is 0 Å². The smallest absolute Gasteiger partial charge is 0.335 e. The minimum Gasteiger partial charge on any atom is -0.478 e. The van der Waals surface area contributed by atoms with Crippen LogP contribution in [0.1, 0.15) is 16.1 Å². The number of carboxylic acid groups (broad SMARTS) is 1. The minimum atomic E-state index is -0.986. The highest BCUT2D eigenvalue weighted by atomic mass is 16.4. The van der Waals surface area contributed by atoms with Gasteiger partial charge in [0.2, 0.25) is 5.89 Å². The summed E-state index contributed by atoms with van der Waals surface area (Å²) in [5, 5.41) is 13.2. The van der Waals surface area contributed by atoms with Crippen LogP contribution in [0.25, 0.3) is 22.7 Å². The Morgan fingerprint density at radius 2 is 2.16 bits per heavy atom. The number of carbonyl (C=O) groups is 1. The number of nitrogens with zero attached hydrogens (tertiary/aromatic N) is 3. The summed E-state index contributed by atoms with van der Waals surface area (Å²) in [6.07, 6.45) is 0. The Balaban J connectivity index is 2.13. The molecular formula is C13H11N3O3. The molecule has 0 fully saturated rings. The summed E-state index contributed by atoms with van der Waals surface area (Å²) in [6, 6.07) is 6.44. The second kappa shape index (κ2) is 3.94. The van der Waals surface area contributed by atoms with Gasteiger partial charge in [-0.2, -0.15) is 5.10 Å². The maximum Gasteiger partial charge on any atom is 0.335 e. The van der Waals surface area contributed by atoms with E-state index in [1.807, 2.05) is 20.0 Å². The Bertz CT molecular complexity index is 766. The lowest BCUT2D eigenvalue weighted by Crippen LogP contribution is -1.94. The van der Waals surface area contributed by atoms with E-state index in [0.717, 1.165) is 5.69 Å². The van der Waals surface area contributed by atoms with Crippen LogP contribution < -0.4 is 0 Å². The van der Waals surface area contributed by atoms with Crippen molar-refractivity contribution in [2.24, 2.45) is 7.05 Å². The average molecular weight is 257 g/mol. The van der Waals surface area contributed by atoms with Crippen LogP contribution in [0, 0.1) is 6.92 Å². The summed E-state index contributed by atoms with van der Waals surface area (Å²) >= 11 is 0. The number of aryl methyl sites for hydroxylation is 2. The van der Waals surface area contributed by atoms with Crippen molar-refractivity contribution in [3.8, 4) is 11.6 Å². The lowest BCUT2D eigenvalue weighted by molar-refractivity contribution is 0.0697. The molecule has 0 saturated heterocycles. The van der Waals surface area contributed by atoms with Crippen LogP contribution in [0.15, 0.2) is 28.7 Å². The lowest BCUT2D eigenvalue weighted by atomic mass is 10.2. The van der Waals surface area contributed by atoms with E-state index in [9.17, 15) is 4.79 Å². The normalized spacial score (nSPS) is 11.1. The maximum absolute atomic E-state index is 10.9. The molecule has 0 atom stereocenters. The first kappa shape index (κ1) is 11.5. The van der Waals surface area contributed by atoms with Gasteiger partial charge in [-0.3, -0.25) is 4.68 Å². The topological polar surface area (TPSA) is 81.2 Å². The van der Waals surface area contributed by atoms with Gasteiger partial charge in [-0.05, 0) is 31.2 Å². The molecule has 2 aromatic heterocycles. The van der Waals surface area contributed by atoms with Crippen LogP contribution >= 0.6 is 0 Å². The molecule has 0 unspecified atom stereocenters. The molecule has 0 radical (unpaired) electrons. The number of oxazole rings is 1. The second-order valence-corrected chi connectivity index (χ2v) is 4.30. The van der Waals surface area contributed by atoms with Crippen molar-refractivity contribution in [3.63, 3.8) is 0 Å². The molecular weight excluding hydrogens is 246 g/mol. The van der Waals surface area contributed by atoms with Crippen molar-refractivity contribution in [1.82, 2.24) is 14.8 Å². The first-order valence-corrected chi connectivity index (χ1v) is 5.69. The number of hydrogen-bond acceptors (Lipinski definition) is 4. The Morgan fingerprint density at radius 3 is 2.79 bits per heavy atom. The van der Waals surface area contributed by atoms with E-state index in [2.05, 4.69) is 10.1 Å². The second-order valence-electron chi connectivity index (χ2n) is 4.30. The summed E-state index contributed by atoms with van der Waals surface area (Å²) in [7, 11) is 1.84. The number of rotatable bonds is 2. The van der Waals surface area contributed by atoms with E-state index < -0.39 is 5.97 Å². The average Bonchev–Trinajstić information content (AvgIpc) is 2.92. The molecule has 1 aromatic carbocycles. The molecule has 6 nitrogen and oxygen atoms in total. The van der Waals surface area contributed by atoms with Crippen molar-refractivity contribution in [1.29, 1.82) is 0 Å². The molecule has 3 rings (SSSR count). The molecule has 3 aromatic rings. The van der Waals surface area contributed by atoms with Crippen LogP contribution in [0.3, 0.4) is 0 Å². The number of benzene rings is 1. The van der Waals surface area contributed by atoms with Gasteiger partial charge < -0.3 is 9.52 Å². The summed E-state index contributed by atoms with van der Waals surface area (Å²) < 4.78 is 7.31. The van der Waals surface area contributed by atoms with Crippen LogP contribution in [0.2, 0.25) is 0 Å². The summed E-state index contributed by atoms with van der Waals surface area (Å²) in [6.45, 7) is 1.93. The van der Waals surface area contributed by atoms with Gasteiger partial charge in [0.1, 0.15) is 11.2 Å². The van der Waals surface area contributed by atoms with Gasteiger partial charge in [0.25, 0.3) is 0 Å².